The molecule has 0 saturated heterocycles. The van der Waals surface area contributed by atoms with Crippen molar-refractivity contribution in [1.29, 1.82) is 0 Å². The molecule has 4 nitrogen and oxygen atoms in total. The van der Waals surface area contributed by atoms with Gasteiger partial charge >= 0.3 is 12.1 Å². The van der Waals surface area contributed by atoms with Crippen LogP contribution in [0, 0.1) is 5.92 Å². The molecule has 7 heteroatoms. The maximum atomic E-state index is 12.6. The van der Waals surface area contributed by atoms with Crippen LogP contribution in [0.4, 0.5) is 13.2 Å². The first kappa shape index (κ1) is 19.0. The first-order chi connectivity index (χ1) is 10.6. The zero-order chi connectivity index (χ0) is 17.6. The van der Waals surface area contributed by atoms with Crippen LogP contribution in [0.2, 0.25) is 0 Å². The van der Waals surface area contributed by atoms with Gasteiger partial charge in [0.1, 0.15) is 6.04 Å². The lowest BCUT2D eigenvalue weighted by molar-refractivity contribution is -0.145. The molecule has 1 amide bonds. The quantitative estimate of drug-likeness (QED) is 0.816. The molecule has 0 fully saturated rings. The number of hydrogen-bond acceptors (Lipinski definition) is 3. The second-order valence-electron chi connectivity index (χ2n) is 5.65. The Kier molecular flexibility index (Phi) is 6.60. The predicted molar refractivity (Wildman–Crippen MR) is 78.5 cm³/mol. The van der Waals surface area contributed by atoms with Gasteiger partial charge in [0.25, 0.3) is 0 Å². The smallest absolute Gasteiger partial charge is 0.416 e. The van der Waals surface area contributed by atoms with Crippen LogP contribution in [0.25, 0.3) is 0 Å². The number of carbonyl (C=O) groups is 2. The van der Waals surface area contributed by atoms with Crippen molar-refractivity contribution in [2.24, 2.45) is 5.92 Å². The maximum Gasteiger partial charge on any atom is 0.416 e. The maximum absolute atomic E-state index is 12.6. The predicted octanol–water partition coefficient (Wildman–Crippen LogP) is 2.95. The lowest BCUT2D eigenvalue weighted by atomic mass is 10.0. The molecule has 0 radical (unpaired) electrons. The first-order valence-electron chi connectivity index (χ1n) is 7.16. The molecule has 1 rings (SSSR count). The van der Waals surface area contributed by atoms with Gasteiger partial charge < -0.3 is 10.1 Å². The number of alkyl halides is 3. The fraction of sp³-hybridized carbons (Fsp3) is 0.500. The summed E-state index contributed by atoms with van der Waals surface area (Å²) in [5, 5.41) is 2.51. The van der Waals surface area contributed by atoms with E-state index in [0.717, 1.165) is 12.1 Å². The van der Waals surface area contributed by atoms with E-state index in [0.29, 0.717) is 6.42 Å². The third-order valence-electron chi connectivity index (χ3n) is 3.15. The summed E-state index contributed by atoms with van der Waals surface area (Å²) in [4.78, 5) is 23.6. The molecule has 0 aliphatic heterocycles. The van der Waals surface area contributed by atoms with Crippen LogP contribution >= 0.6 is 0 Å². The van der Waals surface area contributed by atoms with Crippen molar-refractivity contribution in [3.63, 3.8) is 0 Å². The van der Waals surface area contributed by atoms with E-state index in [4.69, 9.17) is 0 Å². The number of rotatable bonds is 6. The van der Waals surface area contributed by atoms with Crippen molar-refractivity contribution in [2.75, 3.05) is 7.11 Å². The minimum Gasteiger partial charge on any atom is -0.467 e. The highest BCUT2D eigenvalue weighted by molar-refractivity contribution is 5.85. The third-order valence-corrected chi connectivity index (χ3v) is 3.15. The van der Waals surface area contributed by atoms with E-state index in [9.17, 15) is 22.8 Å². The minimum absolute atomic E-state index is 0.146. The van der Waals surface area contributed by atoms with E-state index in [1.165, 1.54) is 19.2 Å². The van der Waals surface area contributed by atoms with E-state index >= 15 is 0 Å². The molecule has 128 valence electrons. The van der Waals surface area contributed by atoms with Gasteiger partial charge in [-0.2, -0.15) is 13.2 Å². The van der Waals surface area contributed by atoms with Gasteiger partial charge in [0.15, 0.2) is 0 Å². The normalized spacial score (nSPS) is 12.8. The van der Waals surface area contributed by atoms with Crippen molar-refractivity contribution < 1.29 is 27.5 Å². The van der Waals surface area contributed by atoms with Gasteiger partial charge in [0, 0.05) is 0 Å². The summed E-state index contributed by atoms with van der Waals surface area (Å²) in [5.74, 6) is -0.954. The van der Waals surface area contributed by atoms with E-state index in [2.05, 4.69) is 10.1 Å². The molecule has 0 saturated carbocycles. The summed E-state index contributed by atoms with van der Waals surface area (Å²) in [7, 11) is 1.22. The van der Waals surface area contributed by atoms with Crippen LogP contribution < -0.4 is 5.32 Å². The highest BCUT2D eigenvalue weighted by Crippen LogP contribution is 2.29. The van der Waals surface area contributed by atoms with Gasteiger partial charge in [0.2, 0.25) is 5.91 Å². The SMILES string of the molecule is COC(=O)C(CC(C)C)NC(=O)Cc1cccc(C(F)(F)F)c1. The Balaban J connectivity index is 2.76. The number of ether oxygens (including phenoxy) is 1. The van der Waals surface area contributed by atoms with Crippen molar-refractivity contribution in [1.82, 2.24) is 5.32 Å². The Labute approximate surface area is 133 Å². The average Bonchev–Trinajstić information content (AvgIpc) is 2.44. The first-order valence-corrected chi connectivity index (χ1v) is 7.16. The molecule has 1 aromatic carbocycles. The Morgan fingerprint density at radius 3 is 2.43 bits per heavy atom. The van der Waals surface area contributed by atoms with Crippen LogP contribution in [-0.2, 0) is 26.9 Å². The highest BCUT2D eigenvalue weighted by Gasteiger charge is 2.30. The lowest BCUT2D eigenvalue weighted by Gasteiger charge is -2.18. The Hall–Kier alpha value is -2.05. The summed E-state index contributed by atoms with van der Waals surface area (Å²) in [6.07, 6.45) is -4.31. The number of methoxy groups -OCH3 is 1. The van der Waals surface area contributed by atoms with Gasteiger partial charge in [-0.25, -0.2) is 4.79 Å². The second-order valence-corrected chi connectivity index (χ2v) is 5.65. The summed E-state index contributed by atoms with van der Waals surface area (Å²) in [6, 6.07) is 3.74. The molecule has 1 aromatic rings. The number of nitrogens with one attached hydrogen (secondary N) is 1. The molecule has 0 spiro atoms. The van der Waals surface area contributed by atoms with Crippen LogP contribution in [0.5, 0.6) is 0 Å². The zero-order valence-electron chi connectivity index (χ0n) is 13.2. The monoisotopic (exact) mass is 331 g/mol. The van der Waals surface area contributed by atoms with Gasteiger partial charge in [-0.1, -0.05) is 32.0 Å². The third kappa shape index (κ3) is 6.30. The molecule has 0 bridgehead atoms. The molecule has 23 heavy (non-hydrogen) atoms. The van der Waals surface area contributed by atoms with Crippen molar-refractivity contribution >= 4 is 11.9 Å². The van der Waals surface area contributed by atoms with E-state index in [-0.39, 0.29) is 17.9 Å². The van der Waals surface area contributed by atoms with Gasteiger partial charge in [-0.15, -0.1) is 0 Å². The molecule has 0 aliphatic rings. The number of benzene rings is 1. The van der Waals surface area contributed by atoms with Crippen molar-refractivity contribution in [3.05, 3.63) is 35.4 Å². The van der Waals surface area contributed by atoms with Crippen LogP contribution in [0.3, 0.4) is 0 Å². The summed E-state index contributed by atoms with van der Waals surface area (Å²) >= 11 is 0. The molecular weight excluding hydrogens is 311 g/mol. The number of halogens is 3. The van der Waals surface area contributed by atoms with Crippen LogP contribution in [0.1, 0.15) is 31.4 Å². The summed E-state index contributed by atoms with van der Waals surface area (Å²) in [6.45, 7) is 3.77. The summed E-state index contributed by atoms with van der Waals surface area (Å²) in [5.41, 5.74) is -0.583. The van der Waals surface area contributed by atoms with E-state index in [1.807, 2.05) is 13.8 Å². The van der Waals surface area contributed by atoms with Gasteiger partial charge in [-0.3, -0.25) is 4.79 Å². The molecular formula is C16H20F3NO3. The van der Waals surface area contributed by atoms with Crippen molar-refractivity contribution in [2.45, 2.75) is 38.9 Å². The van der Waals surface area contributed by atoms with Crippen molar-refractivity contribution in [3.8, 4) is 0 Å². The standard InChI is InChI=1S/C16H20F3NO3/c1-10(2)7-13(15(22)23-3)20-14(21)9-11-5-4-6-12(8-11)16(17,18)19/h4-6,8,10,13H,7,9H2,1-3H3,(H,20,21). The van der Waals surface area contributed by atoms with E-state index < -0.39 is 29.7 Å². The Morgan fingerprint density at radius 2 is 1.91 bits per heavy atom. The Morgan fingerprint density at radius 1 is 1.26 bits per heavy atom. The number of carbonyl (C=O) groups excluding carboxylic acids is 2. The van der Waals surface area contributed by atoms with Gasteiger partial charge in [0.05, 0.1) is 19.1 Å². The number of amides is 1. The average molecular weight is 331 g/mol. The molecule has 1 atom stereocenters. The largest absolute Gasteiger partial charge is 0.467 e. The molecule has 1 N–H and O–H groups in total. The second kappa shape index (κ2) is 7.99. The molecule has 1 unspecified atom stereocenters. The lowest BCUT2D eigenvalue weighted by Crippen LogP contribution is -2.43. The fourth-order valence-electron chi connectivity index (χ4n) is 2.12. The van der Waals surface area contributed by atoms with Crippen LogP contribution in [0.15, 0.2) is 24.3 Å². The molecule has 0 aliphatic carbocycles. The van der Waals surface area contributed by atoms with Crippen LogP contribution in [-0.4, -0.2) is 25.0 Å². The number of esters is 1. The fourth-order valence-corrected chi connectivity index (χ4v) is 2.12. The minimum atomic E-state index is -4.46. The highest BCUT2D eigenvalue weighted by atomic mass is 19.4. The number of hydrogen-bond donors (Lipinski definition) is 1. The molecule has 0 heterocycles. The summed E-state index contributed by atoms with van der Waals surface area (Å²) < 4.78 is 42.6. The Bertz CT molecular complexity index is 556. The molecule has 0 aromatic heterocycles. The topological polar surface area (TPSA) is 55.4 Å². The van der Waals surface area contributed by atoms with E-state index in [1.54, 1.807) is 0 Å². The zero-order valence-corrected chi connectivity index (χ0v) is 13.2. The van der Waals surface area contributed by atoms with Gasteiger partial charge in [-0.05, 0) is 24.0 Å².